The Morgan fingerprint density at radius 2 is 1.76 bits per heavy atom. The molecule has 218 valence electrons. The van der Waals surface area contributed by atoms with E-state index in [0.717, 1.165) is 77.4 Å². The third-order valence-electron chi connectivity index (χ3n) is 8.04. The summed E-state index contributed by atoms with van der Waals surface area (Å²) in [7, 11) is 1.42. The molecule has 2 saturated heterocycles. The highest BCUT2D eigenvalue weighted by Crippen LogP contribution is 2.40. The van der Waals surface area contributed by atoms with E-state index in [1.807, 2.05) is 6.08 Å². The lowest BCUT2D eigenvalue weighted by Crippen LogP contribution is -2.31. The van der Waals surface area contributed by atoms with E-state index in [0.29, 0.717) is 19.3 Å². The van der Waals surface area contributed by atoms with Crippen molar-refractivity contribution in [2.24, 2.45) is 11.8 Å². The summed E-state index contributed by atoms with van der Waals surface area (Å²) in [6.45, 7) is 3.74. The lowest BCUT2D eigenvalue weighted by atomic mass is 9.88. The van der Waals surface area contributed by atoms with Crippen LogP contribution in [0, 0.1) is 11.8 Å². The summed E-state index contributed by atoms with van der Waals surface area (Å²) in [5.41, 5.74) is 0. The average molecular weight is 537 g/mol. The van der Waals surface area contributed by atoms with Gasteiger partial charge in [-0.2, -0.15) is 0 Å². The number of unbranched alkanes of at least 4 members (excludes halogenated alkanes) is 2. The molecule has 38 heavy (non-hydrogen) atoms. The Morgan fingerprint density at radius 1 is 1.03 bits per heavy atom. The molecule has 3 fully saturated rings. The molecular weight excluding hydrogens is 484 g/mol. The third kappa shape index (κ3) is 11.1. The zero-order valence-electron chi connectivity index (χ0n) is 23.8. The van der Waals surface area contributed by atoms with Gasteiger partial charge >= 0.3 is 5.97 Å². The van der Waals surface area contributed by atoms with E-state index in [1.54, 1.807) is 0 Å². The van der Waals surface area contributed by atoms with Crippen molar-refractivity contribution in [3.05, 3.63) is 24.3 Å². The smallest absolute Gasteiger partial charge is 0.305 e. The number of allylic oxidation sites excluding steroid dienone is 2. The Labute approximate surface area is 230 Å². The van der Waals surface area contributed by atoms with Crippen LogP contribution in [0.4, 0.5) is 0 Å². The zero-order chi connectivity index (χ0) is 27.0. The summed E-state index contributed by atoms with van der Waals surface area (Å²) >= 11 is 0. The Kier molecular flexibility index (Phi) is 15.0. The molecule has 0 spiro atoms. The monoisotopic (exact) mass is 536 g/mol. The van der Waals surface area contributed by atoms with Crippen molar-refractivity contribution in [2.75, 3.05) is 20.3 Å². The van der Waals surface area contributed by atoms with E-state index in [1.165, 1.54) is 20.0 Å². The summed E-state index contributed by atoms with van der Waals surface area (Å²) in [6.07, 6.45) is 22.1. The maximum Gasteiger partial charge on any atom is 0.305 e. The average Bonchev–Trinajstić information content (AvgIpc) is 3.23. The van der Waals surface area contributed by atoms with Crippen LogP contribution in [0.15, 0.2) is 24.3 Å². The number of hydrogen-bond acceptors (Lipinski definition) is 7. The summed E-state index contributed by atoms with van der Waals surface area (Å²) in [6, 6.07) is 0. The first kappa shape index (κ1) is 31.3. The molecule has 2 heterocycles. The fourth-order valence-electron chi connectivity index (χ4n) is 5.81. The van der Waals surface area contributed by atoms with E-state index in [9.17, 15) is 9.90 Å². The van der Waals surface area contributed by atoms with Crippen LogP contribution in [0.25, 0.3) is 0 Å². The Morgan fingerprint density at radius 3 is 2.45 bits per heavy atom. The highest BCUT2D eigenvalue weighted by molar-refractivity contribution is 5.69. The van der Waals surface area contributed by atoms with Gasteiger partial charge in [-0.15, -0.1) is 0 Å². The second-order valence-electron chi connectivity index (χ2n) is 11.0. The van der Waals surface area contributed by atoms with E-state index >= 15 is 0 Å². The third-order valence-corrected chi connectivity index (χ3v) is 8.04. The number of aliphatic hydroxyl groups is 1. The topological polar surface area (TPSA) is 83.5 Å². The molecule has 1 aliphatic carbocycles. The van der Waals surface area contributed by atoms with Crippen LogP contribution in [0.1, 0.15) is 103 Å². The molecule has 7 atom stereocenters. The fraction of sp³-hybridized carbons (Fsp3) is 0.839. The SMILES string of the molecule is CCCCC[C@@H](/C=C/[C@@H]1[C@@H](CC/C=C\CCC(=O)OC)[C@H](O)C[C@H]1OC1CCCCO1)OC1CCCCO1. The van der Waals surface area contributed by atoms with E-state index in [-0.39, 0.29) is 42.6 Å². The van der Waals surface area contributed by atoms with Gasteiger partial charge in [0.25, 0.3) is 0 Å². The normalized spacial score (nSPS) is 31.2. The Hall–Kier alpha value is -1.25. The number of methoxy groups -OCH3 is 1. The number of carbonyl (C=O) groups excluding carboxylic acids is 1. The number of ether oxygens (including phenoxy) is 5. The molecule has 0 bridgehead atoms. The van der Waals surface area contributed by atoms with E-state index in [4.69, 9.17) is 23.7 Å². The minimum Gasteiger partial charge on any atom is -0.469 e. The molecule has 0 aromatic rings. The molecule has 1 N–H and O–H groups in total. The van der Waals surface area contributed by atoms with Crippen LogP contribution in [0.3, 0.4) is 0 Å². The lowest BCUT2D eigenvalue weighted by Gasteiger charge is -2.30. The van der Waals surface area contributed by atoms with Crippen LogP contribution in [-0.2, 0) is 28.5 Å². The highest BCUT2D eigenvalue weighted by Gasteiger charge is 2.42. The molecule has 0 radical (unpaired) electrons. The summed E-state index contributed by atoms with van der Waals surface area (Å²) < 4.78 is 29.3. The quantitative estimate of drug-likeness (QED) is 0.142. The van der Waals surface area contributed by atoms with Crippen molar-refractivity contribution in [1.29, 1.82) is 0 Å². The number of carbonyl (C=O) groups is 1. The van der Waals surface area contributed by atoms with Gasteiger partial charge in [-0.1, -0.05) is 50.5 Å². The number of rotatable bonds is 16. The summed E-state index contributed by atoms with van der Waals surface area (Å²) in [5.74, 6) is 0.0150. The standard InChI is InChI=1S/C31H52O7/c1-3-4-7-14-24(37-30-17-10-12-21-35-30)19-20-26-25(15-8-5-6-9-16-29(33)34-2)27(32)23-28(26)38-31-18-11-13-22-36-31/h5-6,19-20,24-28,30-32H,3-4,7-18,21-23H2,1-2H3/b6-5-,20-19+/t24-,25+,26+,27+,28+,30?,31?/m0/s1. The molecule has 0 aromatic carbocycles. The van der Waals surface area contributed by atoms with Crippen molar-refractivity contribution in [2.45, 2.75) is 134 Å². The van der Waals surface area contributed by atoms with Gasteiger partial charge in [0.15, 0.2) is 12.6 Å². The van der Waals surface area contributed by atoms with E-state index in [2.05, 4.69) is 25.2 Å². The summed E-state index contributed by atoms with van der Waals surface area (Å²) in [5, 5.41) is 11.1. The van der Waals surface area contributed by atoms with Crippen molar-refractivity contribution in [1.82, 2.24) is 0 Å². The second kappa shape index (κ2) is 18.2. The van der Waals surface area contributed by atoms with Gasteiger partial charge in [0.1, 0.15) is 0 Å². The minimum atomic E-state index is -0.414. The number of esters is 1. The first-order valence-corrected chi connectivity index (χ1v) is 15.2. The van der Waals surface area contributed by atoms with Crippen LogP contribution < -0.4 is 0 Å². The van der Waals surface area contributed by atoms with Crippen LogP contribution >= 0.6 is 0 Å². The van der Waals surface area contributed by atoms with Gasteiger partial charge in [-0.05, 0) is 70.1 Å². The molecule has 3 aliphatic rings. The van der Waals surface area contributed by atoms with Crippen molar-refractivity contribution in [3.8, 4) is 0 Å². The lowest BCUT2D eigenvalue weighted by molar-refractivity contribution is -0.193. The first-order chi connectivity index (χ1) is 18.6. The molecule has 7 nitrogen and oxygen atoms in total. The van der Waals surface area contributed by atoms with Gasteiger partial charge in [-0.25, -0.2) is 0 Å². The van der Waals surface area contributed by atoms with Crippen molar-refractivity contribution < 1.29 is 33.6 Å². The fourth-order valence-corrected chi connectivity index (χ4v) is 5.81. The number of hydrogen-bond donors (Lipinski definition) is 1. The van der Waals surface area contributed by atoms with Crippen LogP contribution in [-0.4, -0.2) is 62.3 Å². The second-order valence-corrected chi connectivity index (χ2v) is 11.0. The molecule has 0 aromatic heterocycles. The van der Waals surface area contributed by atoms with Gasteiger partial charge in [-0.3, -0.25) is 4.79 Å². The minimum absolute atomic E-state index is 0.00726. The van der Waals surface area contributed by atoms with Gasteiger partial charge < -0.3 is 28.8 Å². The molecule has 2 aliphatic heterocycles. The zero-order valence-corrected chi connectivity index (χ0v) is 23.8. The number of aliphatic hydroxyl groups excluding tert-OH is 1. The highest BCUT2D eigenvalue weighted by atomic mass is 16.7. The van der Waals surface area contributed by atoms with Gasteiger partial charge in [0.05, 0.1) is 25.4 Å². The predicted molar refractivity (Wildman–Crippen MR) is 147 cm³/mol. The molecular formula is C31H52O7. The van der Waals surface area contributed by atoms with Crippen molar-refractivity contribution in [3.63, 3.8) is 0 Å². The van der Waals surface area contributed by atoms with Crippen LogP contribution in [0.5, 0.6) is 0 Å². The van der Waals surface area contributed by atoms with E-state index < -0.39 is 6.10 Å². The molecule has 3 rings (SSSR count). The Balaban J connectivity index is 1.65. The molecule has 1 saturated carbocycles. The molecule has 2 unspecified atom stereocenters. The van der Waals surface area contributed by atoms with Crippen LogP contribution in [0.2, 0.25) is 0 Å². The van der Waals surface area contributed by atoms with Crippen molar-refractivity contribution >= 4 is 5.97 Å². The first-order valence-electron chi connectivity index (χ1n) is 15.2. The summed E-state index contributed by atoms with van der Waals surface area (Å²) in [4.78, 5) is 11.3. The molecule has 0 amide bonds. The molecule has 7 heteroatoms. The Bertz CT molecular complexity index is 696. The predicted octanol–water partition coefficient (Wildman–Crippen LogP) is 6.23. The maximum atomic E-state index is 11.3. The maximum absolute atomic E-state index is 11.3. The largest absolute Gasteiger partial charge is 0.469 e. The van der Waals surface area contributed by atoms with Gasteiger partial charge in [0, 0.05) is 32.0 Å². The van der Waals surface area contributed by atoms with Gasteiger partial charge in [0.2, 0.25) is 0 Å².